The molecule has 0 fully saturated rings. The number of thiol groups is 1. The summed E-state index contributed by atoms with van der Waals surface area (Å²) < 4.78 is 4.67. The van der Waals surface area contributed by atoms with E-state index in [1.807, 2.05) is 24.3 Å². The summed E-state index contributed by atoms with van der Waals surface area (Å²) in [7, 11) is 0. The predicted octanol–water partition coefficient (Wildman–Crippen LogP) is 1.82. The van der Waals surface area contributed by atoms with Crippen LogP contribution in [0.3, 0.4) is 0 Å². The van der Waals surface area contributed by atoms with Crippen LogP contribution in [0.2, 0.25) is 0 Å². The van der Waals surface area contributed by atoms with Crippen molar-refractivity contribution in [2.75, 3.05) is 0 Å². The molecule has 17 heavy (non-hydrogen) atoms. The zero-order valence-electron chi connectivity index (χ0n) is 9.09. The smallest absolute Gasteiger partial charge is 0.224 e. The minimum atomic E-state index is -0.0417. The summed E-state index contributed by atoms with van der Waals surface area (Å²) in [6.07, 6.45) is 1.83. The second-order valence-electron chi connectivity index (χ2n) is 3.61. The Hall–Kier alpha value is -1.75. The molecule has 0 aliphatic heterocycles. The summed E-state index contributed by atoms with van der Waals surface area (Å²) in [6.45, 7) is 0.389. The van der Waals surface area contributed by atoms with Crippen molar-refractivity contribution in [2.45, 2.75) is 17.9 Å². The van der Waals surface area contributed by atoms with Crippen molar-refractivity contribution in [3.8, 4) is 0 Å². The molecule has 0 bridgehead atoms. The second-order valence-corrected chi connectivity index (χ2v) is 4.13. The van der Waals surface area contributed by atoms with E-state index < -0.39 is 0 Å². The number of amides is 1. The zero-order chi connectivity index (χ0) is 12.1. The van der Waals surface area contributed by atoms with Gasteiger partial charge in [-0.15, -0.1) is 12.6 Å². The largest absolute Gasteiger partial charge is 0.364 e. The van der Waals surface area contributed by atoms with Crippen LogP contribution >= 0.6 is 12.6 Å². The summed E-state index contributed by atoms with van der Waals surface area (Å²) in [5.74, 6) is -0.0417. The van der Waals surface area contributed by atoms with Crippen LogP contribution in [0.25, 0.3) is 0 Å². The Balaban J connectivity index is 1.83. The van der Waals surface area contributed by atoms with Gasteiger partial charge in [0, 0.05) is 11.0 Å². The van der Waals surface area contributed by atoms with E-state index in [9.17, 15) is 4.79 Å². The third-order valence-electron chi connectivity index (χ3n) is 2.26. The number of nitrogens with one attached hydrogen (secondary N) is 1. The highest BCUT2D eigenvalue weighted by atomic mass is 32.1. The maximum Gasteiger partial charge on any atom is 0.224 e. The molecular weight excluding hydrogens is 236 g/mol. The van der Waals surface area contributed by atoms with Crippen LogP contribution in [0.4, 0.5) is 0 Å². The van der Waals surface area contributed by atoms with Gasteiger partial charge in [0.15, 0.2) is 0 Å². The third kappa shape index (κ3) is 3.64. The Morgan fingerprint density at radius 1 is 1.29 bits per heavy atom. The molecule has 1 aromatic heterocycles. The first-order chi connectivity index (χ1) is 8.24. The lowest BCUT2D eigenvalue weighted by Gasteiger charge is -2.03. The lowest BCUT2D eigenvalue weighted by Crippen LogP contribution is -2.24. The van der Waals surface area contributed by atoms with Crippen LogP contribution in [-0.4, -0.2) is 11.1 Å². The highest BCUT2D eigenvalue weighted by Crippen LogP contribution is 2.08. The van der Waals surface area contributed by atoms with Gasteiger partial charge in [-0.1, -0.05) is 17.3 Å². The monoisotopic (exact) mass is 248 g/mol. The SMILES string of the molecule is O=C(Cc1ccc(S)cc1)NCc1ccon1. The van der Waals surface area contributed by atoms with Gasteiger partial charge >= 0.3 is 0 Å². The number of carbonyl (C=O) groups is 1. The average Bonchev–Trinajstić information content (AvgIpc) is 2.83. The zero-order valence-corrected chi connectivity index (χ0v) is 9.98. The van der Waals surface area contributed by atoms with Gasteiger partial charge in [0.05, 0.1) is 13.0 Å². The molecule has 0 saturated heterocycles. The Bertz CT molecular complexity index is 480. The molecule has 0 saturated carbocycles. The highest BCUT2D eigenvalue weighted by molar-refractivity contribution is 7.80. The number of nitrogens with zero attached hydrogens (tertiary/aromatic N) is 1. The van der Waals surface area contributed by atoms with Gasteiger partial charge in [0.25, 0.3) is 0 Å². The Kier molecular flexibility index (Phi) is 3.82. The number of hydrogen-bond donors (Lipinski definition) is 2. The molecule has 5 heteroatoms. The minimum Gasteiger partial charge on any atom is -0.364 e. The maximum atomic E-state index is 11.6. The standard InChI is InChI=1S/C12H12N2O2S/c15-12(13-8-10-5-6-16-14-10)7-9-1-3-11(17)4-2-9/h1-6,17H,7-8H2,(H,13,15). The first kappa shape index (κ1) is 11.7. The molecule has 1 N–H and O–H groups in total. The van der Waals surface area contributed by atoms with E-state index in [0.717, 1.165) is 10.5 Å². The van der Waals surface area contributed by atoms with Crippen LogP contribution in [0.15, 0.2) is 46.0 Å². The fourth-order valence-corrected chi connectivity index (χ4v) is 1.53. The molecule has 0 aliphatic carbocycles. The van der Waals surface area contributed by atoms with Gasteiger partial charge in [-0.05, 0) is 17.7 Å². The first-order valence-corrected chi connectivity index (χ1v) is 5.62. The molecule has 1 amide bonds. The van der Waals surface area contributed by atoms with Crippen LogP contribution in [0.1, 0.15) is 11.3 Å². The predicted molar refractivity (Wildman–Crippen MR) is 65.7 cm³/mol. The van der Waals surface area contributed by atoms with E-state index in [2.05, 4.69) is 27.6 Å². The second kappa shape index (κ2) is 5.54. The Morgan fingerprint density at radius 3 is 2.71 bits per heavy atom. The van der Waals surface area contributed by atoms with Gasteiger partial charge in [0.1, 0.15) is 12.0 Å². The lowest BCUT2D eigenvalue weighted by molar-refractivity contribution is -0.120. The molecule has 1 aromatic carbocycles. The van der Waals surface area contributed by atoms with E-state index in [-0.39, 0.29) is 5.91 Å². The van der Waals surface area contributed by atoms with Gasteiger partial charge in [-0.2, -0.15) is 0 Å². The van der Waals surface area contributed by atoms with Crippen molar-refractivity contribution < 1.29 is 9.32 Å². The van der Waals surface area contributed by atoms with Crippen molar-refractivity contribution in [3.05, 3.63) is 47.9 Å². The van der Waals surface area contributed by atoms with Crippen molar-refractivity contribution in [2.24, 2.45) is 0 Å². The minimum absolute atomic E-state index is 0.0417. The van der Waals surface area contributed by atoms with Crippen LogP contribution < -0.4 is 5.32 Å². The van der Waals surface area contributed by atoms with Crippen molar-refractivity contribution in [3.63, 3.8) is 0 Å². The van der Waals surface area contributed by atoms with E-state index in [1.54, 1.807) is 6.07 Å². The summed E-state index contributed by atoms with van der Waals surface area (Å²) in [4.78, 5) is 12.5. The number of carbonyl (C=O) groups excluding carboxylic acids is 1. The number of aromatic nitrogens is 1. The van der Waals surface area contributed by atoms with E-state index in [4.69, 9.17) is 0 Å². The van der Waals surface area contributed by atoms with Gasteiger partial charge in [-0.3, -0.25) is 4.79 Å². The van der Waals surface area contributed by atoms with E-state index in [0.29, 0.717) is 18.7 Å². The third-order valence-corrected chi connectivity index (χ3v) is 2.56. The van der Waals surface area contributed by atoms with Crippen molar-refractivity contribution >= 4 is 18.5 Å². The quantitative estimate of drug-likeness (QED) is 0.811. The highest BCUT2D eigenvalue weighted by Gasteiger charge is 2.04. The molecule has 2 aromatic rings. The lowest BCUT2D eigenvalue weighted by atomic mass is 10.1. The molecule has 0 radical (unpaired) electrons. The molecule has 0 unspecified atom stereocenters. The van der Waals surface area contributed by atoms with Crippen LogP contribution in [0.5, 0.6) is 0 Å². The first-order valence-electron chi connectivity index (χ1n) is 5.18. The van der Waals surface area contributed by atoms with Gasteiger partial charge in [-0.25, -0.2) is 0 Å². The van der Waals surface area contributed by atoms with Crippen LogP contribution in [-0.2, 0) is 17.8 Å². The van der Waals surface area contributed by atoms with Crippen LogP contribution in [0, 0.1) is 0 Å². The fraction of sp³-hybridized carbons (Fsp3) is 0.167. The normalized spacial score (nSPS) is 10.2. The summed E-state index contributed by atoms with van der Waals surface area (Å²) >= 11 is 4.18. The van der Waals surface area contributed by atoms with Gasteiger partial charge < -0.3 is 9.84 Å². The fourth-order valence-electron chi connectivity index (χ4n) is 1.38. The van der Waals surface area contributed by atoms with Crippen molar-refractivity contribution in [1.29, 1.82) is 0 Å². The maximum absolute atomic E-state index is 11.6. The summed E-state index contributed by atoms with van der Waals surface area (Å²) in [6, 6.07) is 9.22. The Morgan fingerprint density at radius 2 is 2.06 bits per heavy atom. The topological polar surface area (TPSA) is 55.1 Å². The molecule has 1 heterocycles. The number of benzene rings is 1. The summed E-state index contributed by atoms with van der Waals surface area (Å²) in [5, 5.41) is 6.47. The molecular formula is C12H12N2O2S. The summed E-state index contributed by atoms with van der Waals surface area (Å²) in [5.41, 5.74) is 1.67. The average molecular weight is 248 g/mol. The Labute approximate surface area is 104 Å². The van der Waals surface area contributed by atoms with Crippen molar-refractivity contribution in [1.82, 2.24) is 10.5 Å². The molecule has 2 rings (SSSR count). The molecule has 0 atom stereocenters. The van der Waals surface area contributed by atoms with Gasteiger partial charge in [0.2, 0.25) is 5.91 Å². The number of hydrogen-bond acceptors (Lipinski definition) is 4. The number of rotatable bonds is 4. The molecule has 4 nitrogen and oxygen atoms in total. The van der Waals surface area contributed by atoms with E-state index in [1.165, 1.54) is 6.26 Å². The van der Waals surface area contributed by atoms with E-state index >= 15 is 0 Å². The molecule has 88 valence electrons. The molecule has 0 spiro atoms. The molecule has 0 aliphatic rings.